The van der Waals surface area contributed by atoms with Gasteiger partial charge in [-0.2, -0.15) is 0 Å². The van der Waals surface area contributed by atoms with Gasteiger partial charge in [0, 0.05) is 22.6 Å². The summed E-state index contributed by atoms with van der Waals surface area (Å²) < 4.78 is 28.8. The average molecular weight is 651 g/mol. The number of nitrogens with one attached hydrogen (secondary N) is 1. The summed E-state index contributed by atoms with van der Waals surface area (Å²) in [6.45, 7) is 1.31. The first-order valence-electron chi connectivity index (χ1n) is 14.0. The van der Waals surface area contributed by atoms with Crippen LogP contribution < -0.4 is 9.62 Å². The van der Waals surface area contributed by atoms with Crippen molar-refractivity contribution in [3.05, 3.63) is 93.4 Å². The van der Waals surface area contributed by atoms with Crippen LogP contribution in [-0.4, -0.2) is 43.8 Å². The van der Waals surface area contributed by atoms with E-state index in [2.05, 4.69) is 5.32 Å². The van der Waals surface area contributed by atoms with E-state index >= 15 is 0 Å². The number of sulfonamides is 1. The Hall–Kier alpha value is -2.78. The molecule has 1 aliphatic rings. The highest BCUT2D eigenvalue weighted by molar-refractivity contribution is 7.92. The molecule has 1 fully saturated rings. The number of anilines is 1. The van der Waals surface area contributed by atoms with Crippen LogP contribution in [0.1, 0.15) is 51.0 Å². The van der Waals surface area contributed by atoms with Crippen molar-refractivity contribution < 1.29 is 18.0 Å². The van der Waals surface area contributed by atoms with Gasteiger partial charge in [0.05, 0.1) is 15.6 Å². The molecule has 224 valence electrons. The molecule has 0 spiro atoms. The maximum Gasteiger partial charge on any atom is 0.264 e. The standard InChI is InChI=1S/C31H34Cl3N3O4S/c1-2-28(31(39)35-25-9-5-3-6-10-25)36(20-22-13-15-23(32)16-14-22)30(38)21-37(29-19-24(33)17-18-27(29)34)42(40,41)26-11-7-4-8-12-26/h4,7-8,11-19,25,28H,2-3,5-6,9-10,20-21H2,1H3,(H,35,39)/t28-/m0/s1. The lowest BCUT2D eigenvalue weighted by molar-refractivity contribution is -0.140. The number of benzene rings is 3. The highest BCUT2D eigenvalue weighted by atomic mass is 35.5. The fourth-order valence-corrected chi connectivity index (χ4v) is 7.17. The second kappa shape index (κ2) is 14.6. The molecule has 0 aromatic heterocycles. The third-order valence-corrected chi connectivity index (χ3v) is 9.97. The Bertz CT molecular complexity index is 1480. The molecule has 0 saturated heterocycles. The Labute approximate surface area is 262 Å². The van der Waals surface area contributed by atoms with E-state index in [0.717, 1.165) is 42.0 Å². The second-order valence-electron chi connectivity index (χ2n) is 10.3. The van der Waals surface area contributed by atoms with Crippen molar-refractivity contribution in [1.29, 1.82) is 0 Å². The molecule has 42 heavy (non-hydrogen) atoms. The molecule has 1 saturated carbocycles. The number of hydrogen-bond acceptors (Lipinski definition) is 4. The molecule has 1 N–H and O–H groups in total. The van der Waals surface area contributed by atoms with Crippen LogP contribution >= 0.6 is 34.8 Å². The average Bonchev–Trinajstić information content (AvgIpc) is 2.99. The molecule has 0 unspecified atom stereocenters. The lowest BCUT2D eigenvalue weighted by Gasteiger charge is -2.34. The van der Waals surface area contributed by atoms with Crippen LogP contribution in [0.3, 0.4) is 0 Å². The van der Waals surface area contributed by atoms with E-state index in [1.54, 1.807) is 42.5 Å². The zero-order chi connectivity index (χ0) is 30.3. The minimum atomic E-state index is -4.25. The van der Waals surface area contributed by atoms with E-state index in [1.165, 1.54) is 35.2 Å². The Kier molecular flexibility index (Phi) is 11.2. The molecule has 3 aromatic rings. The minimum absolute atomic E-state index is 0.0137. The molecule has 7 nitrogen and oxygen atoms in total. The molecule has 0 bridgehead atoms. The Balaban J connectivity index is 1.72. The van der Waals surface area contributed by atoms with E-state index in [-0.39, 0.29) is 39.1 Å². The number of carbonyl (C=O) groups is 2. The maximum atomic E-state index is 14.2. The molecule has 3 aromatic carbocycles. The molecule has 0 aliphatic heterocycles. The molecule has 1 atom stereocenters. The van der Waals surface area contributed by atoms with Gasteiger partial charge in [0.2, 0.25) is 11.8 Å². The van der Waals surface area contributed by atoms with Crippen molar-refractivity contribution in [3.63, 3.8) is 0 Å². The first kappa shape index (κ1) is 32.1. The SMILES string of the molecule is CC[C@@H](C(=O)NC1CCCCC1)N(Cc1ccc(Cl)cc1)C(=O)CN(c1cc(Cl)ccc1Cl)S(=O)(=O)c1ccccc1. The molecule has 0 heterocycles. The van der Waals surface area contributed by atoms with Crippen molar-refractivity contribution in [1.82, 2.24) is 10.2 Å². The smallest absolute Gasteiger partial charge is 0.264 e. The van der Waals surface area contributed by atoms with Crippen molar-refractivity contribution in [2.45, 2.75) is 69.0 Å². The van der Waals surface area contributed by atoms with Crippen LogP contribution in [0.2, 0.25) is 15.1 Å². The van der Waals surface area contributed by atoms with Crippen molar-refractivity contribution in [2.75, 3.05) is 10.8 Å². The second-order valence-corrected chi connectivity index (χ2v) is 13.5. The third kappa shape index (κ3) is 7.98. The van der Waals surface area contributed by atoms with Crippen LogP contribution in [0.25, 0.3) is 0 Å². The lowest BCUT2D eigenvalue weighted by atomic mass is 9.95. The number of amides is 2. The summed E-state index contributed by atoms with van der Waals surface area (Å²) in [6.07, 6.45) is 5.35. The predicted molar refractivity (Wildman–Crippen MR) is 169 cm³/mol. The summed E-state index contributed by atoms with van der Waals surface area (Å²) in [7, 11) is -4.25. The van der Waals surface area contributed by atoms with Crippen molar-refractivity contribution in [3.8, 4) is 0 Å². The summed E-state index contributed by atoms with van der Waals surface area (Å²) in [5.74, 6) is -0.823. The van der Waals surface area contributed by atoms with Crippen LogP contribution in [0, 0.1) is 0 Å². The maximum absolute atomic E-state index is 14.2. The van der Waals surface area contributed by atoms with E-state index in [4.69, 9.17) is 34.8 Å². The summed E-state index contributed by atoms with van der Waals surface area (Å²) in [5, 5.41) is 4.04. The van der Waals surface area contributed by atoms with Gasteiger partial charge in [0.1, 0.15) is 12.6 Å². The highest BCUT2D eigenvalue weighted by Gasteiger charge is 2.35. The highest BCUT2D eigenvalue weighted by Crippen LogP contribution is 2.33. The van der Waals surface area contributed by atoms with Crippen LogP contribution in [0.15, 0.2) is 77.7 Å². The Morgan fingerprint density at radius 1 is 0.905 bits per heavy atom. The van der Waals surface area contributed by atoms with E-state index in [9.17, 15) is 18.0 Å². The number of hydrogen-bond donors (Lipinski definition) is 1. The first-order chi connectivity index (χ1) is 20.1. The Morgan fingerprint density at radius 2 is 1.55 bits per heavy atom. The molecule has 1 aliphatic carbocycles. The van der Waals surface area contributed by atoms with Gasteiger partial charge in [0.25, 0.3) is 10.0 Å². The fraction of sp³-hybridized carbons (Fsp3) is 0.355. The van der Waals surface area contributed by atoms with Crippen molar-refractivity contribution in [2.24, 2.45) is 0 Å². The van der Waals surface area contributed by atoms with E-state index in [1.807, 2.05) is 6.92 Å². The van der Waals surface area contributed by atoms with Crippen molar-refractivity contribution >= 4 is 62.3 Å². The zero-order valence-corrected chi connectivity index (χ0v) is 26.4. The van der Waals surface area contributed by atoms with Gasteiger partial charge in [-0.05, 0) is 67.3 Å². The summed E-state index contributed by atoms with van der Waals surface area (Å²) in [4.78, 5) is 29.2. The number of carbonyl (C=O) groups excluding carboxylic acids is 2. The van der Waals surface area contributed by atoms with Crippen LogP contribution in [-0.2, 0) is 26.2 Å². The quantitative estimate of drug-likeness (QED) is 0.240. The molecular weight excluding hydrogens is 617 g/mol. The predicted octanol–water partition coefficient (Wildman–Crippen LogP) is 7.10. The number of nitrogens with zero attached hydrogens (tertiary/aromatic N) is 2. The zero-order valence-electron chi connectivity index (χ0n) is 23.3. The first-order valence-corrected chi connectivity index (χ1v) is 16.5. The van der Waals surface area contributed by atoms with Gasteiger partial charge in [-0.15, -0.1) is 0 Å². The summed E-state index contributed by atoms with van der Waals surface area (Å²) >= 11 is 18.8. The number of rotatable bonds is 11. The monoisotopic (exact) mass is 649 g/mol. The number of halogens is 3. The van der Waals surface area contributed by atoms with Gasteiger partial charge < -0.3 is 10.2 Å². The minimum Gasteiger partial charge on any atom is -0.352 e. The molecular formula is C31H34Cl3N3O4S. The third-order valence-electron chi connectivity index (χ3n) is 7.39. The lowest BCUT2D eigenvalue weighted by Crippen LogP contribution is -2.54. The van der Waals surface area contributed by atoms with Gasteiger partial charge in [-0.1, -0.05) is 91.3 Å². The molecule has 11 heteroatoms. The van der Waals surface area contributed by atoms with Gasteiger partial charge in [-0.3, -0.25) is 13.9 Å². The normalized spacial score (nSPS) is 14.7. The van der Waals surface area contributed by atoms with Gasteiger partial charge in [-0.25, -0.2) is 8.42 Å². The van der Waals surface area contributed by atoms with E-state index < -0.39 is 28.5 Å². The fourth-order valence-electron chi connectivity index (χ4n) is 5.16. The van der Waals surface area contributed by atoms with Crippen LogP contribution in [0.4, 0.5) is 5.69 Å². The van der Waals surface area contributed by atoms with E-state index in [0.29, 0.717) is 11.4 Å². The summed E-state index contributed by atoms with van der Waals surface area (Å²) in [5.41, 5.74) is 0.808. The molecule has 2 amide bonds. The largest absolute Gasteiger partial charge is 0.352 e. The van der Waals surface area contributed by atoms with Gasteiger partial charge >= 0.3 is 0 Å². The Morgan fingerprint density at radius 3 is 2.19 bits per heavy atom. The van der Waals surface area contributed by atoms with Crippen LogP contribution in [0.5, 0.6) is 0 Å². The molecule has 0 radical (unpaired) electrons. The van der Waals surface area contributed by atoms with Gasteiger partial charge in [0.15, 0.2) is 0 Å². The summed E-state index contributed by atoms with van der Waals surface area (Å²) in [6, 6.07) is 18.4. The molecule has 4 rings (SSSR count). The topological polar surface area (TPSA) is 86.8 Å².